The van der Waals surface area contributed by atoms with Crippen LogP contribution in [0.2, 0.25) is 0 Å². The molecule has 0 fully saturated rings. The molecular weight excluding hydrogens is 217 g/mol. The predicted octanol–water partition coefficient (Wildman–Crippen LogP) is -1.46. The first-order valence-electron chi connectivity index (χ1n) is 3.20. The molecule has 0 N–H and O–H groups in total. The Labute approximate surface area is 104 Å². The van der Waals surface area contributed by atoms with Crippen LogP contribution in [0, 0.1) is 0 Å². The third kappa shape index (κ3) is 2.37. The van der Waals surface area contributed by atoms with Gasteiger partial charge < -0.3 is 4.55 Å². The molecule has 0 aliphatic rings. The van der Waals surface area contributed by atoms with Crippen LogP contribution in [0.15, 0.2) is 28.6 Å². The van der Waals surface area contributed by atoms with Gasteiger partial charge in [-0.05, 0) is 28.6 Å². The summed E-state index contributed by atoms with van der Waals surface area (Å²) >= 11 is -0.681. The van der Waals surface area contributed by atoms with Crippen LogP contribution < -0.4 is 29.6 Å². The Kier molecular flexibility index (Phi) is 4.03. The van der Waals surface area contributed by atoms with Crippen molar-refractivity contribution in [1.82, 2.24) is 4.98 Å². The van der Waals surface area contributed by atoms with Gasteiger partial charge in [-0.3, -0.25) is 4.21 Å². The number of hydrogen-bond acceptors (Lipinski definition) is 4. The number of rotatable bonds is 1. The molecule has 13 heavy (non-hydrogen) atoms. The first kappa shape index (κ1) is 11.3. The summed E-state index contributed by atoms with van der Waals surface area (Å²) in [6, 6.07) is 3.46. The average Bonchev–Trinajstić information content (AvgIpc) is 2.49. The molecule has 62 valence electrons. The fourth-order valence-corrected chi connectivity index (χ4v) is 2.01. The largest absolute Gasteiger partial charge is 1.00 e. The molecule has 0 saturated carbocycles. The van der Waals surface area contributed by atoms with E-state index in [-0.39, 0.29) is 34.5 Å². The van der Waals surface area contributed by atoms with E-state index in [4.69, 9.17) is 0 Å². The van der Waals surface area contributed by atoms with Crippen molar-refractivity contribution in [2.75, 3.05) is 0 Å². The van der Waals surface area contributed by atoms with Gasteiger partial charge in [-0.2, -0.15) is 0 Å². The minimum absolute atomic E-state index is 0. The Morgan fingerprint density at radius 1 is 1.54 bits per heavy atom. The zero-order valence-corrected chi connectivity index (χ0v) is 10.5. The summed E-state index contributed by atoms with van der Waals surface area (Å²) in [5, 5.41) is 2.76. The van der Waals surface area contributed by atoms with Crippen molar-refractivity contribution in [3.63, 3.8) is 0 Å². The Hall–Kier alpha value is 0.220. The van der Waals surface area contributed by atoms with E-state index >= 15 is 0 Å². The molecule has 1 atom stereocenters. The van der Waals surface area contributed by atoms with E-state index < -0.39 is 11.1 Å². The van der Waals surface area contributed by atoms with E-state index in [1.54, 1.807) is 6.07 Å². The summed E-state index contributed by atoms with van der Waals surface area (Å²) in [4.78, 5) is 5.09. The fourth-order valence-electron chi connectivity index (χ4n) is 0.930. The van der Waals surface area contributed by atoms with E-state index in [1.165, 1.54) is 17.5 Å². The van der Waals surface area contributed by atoms with Crippen molar-refractivity contribution < 1.29 is 38.3 Å². The molecular formula is C7H4NNaO2S2. The molecule has 0 amide bonds. The monoisotopic (exact) mass is 221 g/mol. The van der Waals surface area contributed by atoms with Crippen LogP contribution in [0.3, 0.4) is 0 Å². The first-order valence-corrected chi connectivity index (χ1v) is 5.15. The molecule has 2 rings (SSSR count). The minimum Gasteiger partial charge on any atom is -0.768 e. The smallest absolute Gasteiger partial charge is 0.768 e. The molecule has 0 saturated heterocycles. The van der Waals surface area contributed by atoms with E-state index in [2.05, 4.69) is 4.98 Å². The van der Waals surface area contributed by atoms with Crippen molar-refractivity contribution >= 4 is 32.6 Å². The molecule has 2 heterocycles. The van der Waals surface area contributed by atoms with Gasteiger partial charge in [-0.25, -0.2) is 4.98 Å². The molecule has 0 bridgehead atoms. The Morgan fingerprint density at radius 3 is 3.00 bits per heavy atom. The SMILES string of the molecule is O=S([O-])c1cnc2sccc2c1.[Na+]. The quantitative estimate of drug-likeness (QED) is 0.437. The fraction of sp³-hybridized carbons (Fsp3) is 0. The molecule has 0 aromatic carbocycles. The van der Waals surface area contributed by atoms with Crippen LogP contribution in [-0.2, 0) is 11.1 Å². The van der Waals surface area contributed by atoms with E-state index in [9.17, 15) is 8.76 Å². The summed E-state index contributed by atoms with van der Waals surface area (Å²) in [6.45, 7) is 0. The molecule has 0 spiro atoms. The summed E-state index contributed by atoms with van der Waals surface area (Å²) in [5.74, 6) is 0. The van der Waals surface area contributed by atoms with E-state index in [0.717, 1.165) is 10.2 Å². The van der Waals surface area contributed by atoms with Gasteiger partial charge in [-0.15, -0.1) is 11.3 Å². The molecule has 0 aliphatic carbocycles. The van der Waals surface area contributed by atoms with Gasteiger partial charge in [0.25, 0.3) is 0 Å². The third-order valence-corrected chi connectivity index (χ3v) is 2.92. The number of aromatic nitrogens is 1. The zero-order chi connectivity index (χ0) is 8.55. The molecule has 2 aromatic rings. The molecule has 6 heteroatoms. The van der Waals surface area contributed by atoms with Gasteiger partial charge in [-0.1, -0.05) is 0 Å². The van der Waals surface area contributed by atoms with Crippen molar-refractivity contribution in [1.29, 1.82) is 0 Å². The second-order valence-corrected chi connectivity index (χ2v) is 4.06. The zero-order valence-electron chi connectivity index (χ0n) is 6.89. The molecule has 3 nitrogen and oxygen atoms in total. The third-order valence-electron chi connectivity index (χ3n) is 1.47. The number of nitrogens with zero attached hydrogens (tertiary/aromatic N) is 1. The summed E-state index contributed by atoms with van der Waals surface area (Å²) in [5.41, 5.74) is 0. The Morgan fingerprint density at radius 2 is 2.31 bits per heavy atom. The molecule has 2 aromatic heterocycles. The molecule has 1 unspecified atom stereocenters. The maximum atomic E-state index is 10.5. The van der Waals surface area contributed by atoms with Gasteiger partial charge >= 0.3 is 29.6 Å². The average molecular weight is 221 g/mol. The summed E-state index contributed by atoms with van der Waals surface area (Å²) in [7, 11) is 0. The normalized spacial score (nSPS) is 12.4. The van der Waals surface area contributed by atoms with Gasteiger partial charge in [0.2, 0.25) is 0 Å². The summed E-state index contributed by atoms with van der Waals surface area (Å²) in [6.07, 6.45) is 1.36. The second-order valence-electron chi connectivity index (χ2n) is 2.22. The maximum absolute atomic E-state index is 10.5. The first-order chi connectivity index (χ1) is 5.77. The predicted molar refractivity (Wildman–Crippen MR) is 46.8 cm³/mol. The standard InChI is InChI=1S/C7H5NO2S2.Na/c9-12(10)6-3-5-1-2-11-7(5)8-4-6;/h1-4H,(H,9,10);/q;+1/p-1. The Balaban J connectivity index is 0.000000845. The van der Waals surface area contributed by atoms with Crippen LogP contribution in [0.5, 0.6) is 0 Å². The second kappa shape index (κ2) is 4.63. The number of pyridine rings is 1. The van der Waals surface area contributed by atoms with Crippen molar-refractivity contribution in [3.05, 3.63) is 23.7 Å². The van der Waals surface area contributed by atoms with Crippen molar-refractivity contribution in [2.24, 2.45) is 0 Å². The number of hydrogen-bond donors (Lipinski definition) is 0. The topological polar surface area (TPSA) is 53.0 Å². The van der Waals surface area contributed by atoms with Crippen LogP contribution in [0.4, 0.5) is 0 Å². The summed E-state index contributed by atoms with van der Waals surface area (Å²) < 4.78 is 21.1. The van der Waals surface area contributed by atoms with Crippen LogP contribution in [0.1, 0.15) is 0 Å². The minimum atomic E-state index is -2.18. The van der Waals surface area contributed by atoms with E-state index in [0.29, 0.717) is 0 Å². The molecule has 0 aliphatic heterocycles. The Bertz CT molecular complexity index is 443. The van der Waals surface area contributed by atoms with Crippen molar-refractivity contribution in [2.45, 2.75) is 4.90 Å². The molecule has 0 radical (unpaired) electrons. The van der Waals surface area contributed by atoms with Crippen LogP contribution >= 0.6 is 11.3 Å². The van der Waals surface area contributed by atoms with Crippen molar-refractivity contribution in [3.8, 4) is 0 Å². The van der Waals surface area contributed by atoms with Gasteiger partial charge in [0.15, 0.2) is 0 Å². The van der Waals surface area contributed by atoms with Gasteiger partial charge in [0.1, 0.15) is 4.83 Å². The van der Waals surface area contributed by atoms with Gasteiger partial charge in [0, 0.05) is 16.5 Å². The van der Waals surface area contributed by atoms with Crippen LogP contribution in [0.25, 0.3) is 10.2 Å². The number of thiophene rings is 1. The van der Waals surface area contributed by atoms with E-state index in [1.807, 2.05) is 11.4 Å². The van der Waals surface area contributed by atoms with Crippen LogP contribution in [-0.4, -0.2) is 13.7 Å². The van der Waals surface area contributed by atoms with Gasteiger partial charge in [0.05, 0.1) is 0 Å². The maximum Gasteiger partial charge on any atom is 1.00 e. The number of fused-ring (bicyclic) bond motifs is 1.